The molecule has 27 heavy (non-hydrogen) atoms. The molecule has 1 aliphatic heterocycles. The molecule has 0 spiro atoms. The van der Waals surface area contributed by atoms with E-state index >= 15 is 0 Å². The van der Waals surface area contributed by atoms with Crippen molar-refractivity contribution in [3.05, 3.63) is 52.8 Å². The van der Waals surface area contributed by atoms with E-state index in [4.69, 9.17) is 4.74 Å². The third kappa shape index (κ3) is 4.74. The Labute approximate surface area is 159 Å². The third-order valence-electron chi connectivity index (χ3n) is 4.62. The second-order valence-corrected chi connectivity index (χ2v) is 6.97. The molecule has 0 bridgehead atoms. The summed E-state index contributed by atoms with van der Waals surface area (Å²) in [6, 6.07) is 8.75. The van der Waals surface area contributed by atoms with Gasteiger partial charge in [-0.25, -0.2) is 0 Å². The highest BCUT2D eigenvalue weighted by Gasteiger charge is 2.19. The Balaban J connectivity index is 1.58. The molecule has 1 unspecified atom stereocenters. The number of rotatable bonds is 5. The normalized spacial score (nSPS) is 15.4. The minimum atomic E-state index is -0.158. The first kappa shape index (κ1) is 19.1. The summed E-state index contributed by atoms with van der Waals surface area (Å²) in [4.78, 5) is 26.7. The molecule has 0 saturated carbocycles. The molecule has 1 aromatic carbocycles. The molecule has 0 aliphatic carbocycles. The summed E-state index contributed by atoms with van der Waals surface area (Å²) in [5.41, 5.74) is 3.16. The molecular weight excluding hydrogens is 344 g/mol. The van der Waals surface area contributed by atoms with Gasteiger partial charge in [0.1, 0.15) is 0 Å². The zero-order valence-corrected chi connectivity index (χ0v) is 16.1. The zero-order valence-electron chi connectivity index (χ0n) is 16.1. The van der Waals surface area contributed by atoms with Gasteiger partial charge in [-0.2, -0.15) is 5.10 Å². The molecular formula is C20H26N4O3. The van der Waals surface area contributed by atoms with Gasteiger partial charge in [-0.15, -0.1) is 0 Å². The van der Waals surface area contributed by atoms with Gasteiger partial charge in [0.15, 0.2) is 0 Å². The number of benzene rings is 1. The Bertz CT molecular complexity index is 807. The summed E-state index contributed by atoms with van der Waals surface area (Å²) in [7, 11) is 0. The van der Waals surface area contributed by atoms with E-state index in [-0.39, 0.29) is 17.9 Å². The van der Waals surface area contributed by atoms with Gasteiger partial charge in [0.05, 0.1) is 25.5 Å². The summed E-state index contributed by atoms with van der Waals surface area (Å²) in [5.74, 6) is -0.183. The minimum Gasteiger partial charge on any atom is -0.378 e. The number of nitrogens with zero attached hydrogens (tertiary/aromatic N) is 3. The van der Waals surface area contributed by atoms with Crippen molar-refractivity contribution in [3.63, 3.8) is 0 Å². The molecule has 2 amide bonds. The smallest absolute Gasteiger partial charge is 0.254 e. The summed E-state index contributed by atoms with van der Waals surface area (Å²) in [6.07, 6.45) is 0. The van der Waals surface area contributed by atoms with Gasteiger partial charge < -0.3 is 15.0 Å². The first-order valence-electron chi connectivity index (χ1n) is 9.23. The van der Waals surface area contributed by atoms with Crippen LogP contribution < -0.4 is 5.32 Å². The van der Waals surface area contributed by atoms with Crippen molar-refractivity contribution in [2.45, 2.75) is 33.4 Å². The zero-order chi connectivity index (χ0) is 19.4. The highest BCUT2D eigenvalue weighted by Crippen LogP contribution is 2.10. The molecule has 2 heterocycles. The predicted molar refractivity (Wildman–Crippen MR) is 102 cm³/mol. The van der Waals surface area contributed by atoms with Crippen LogP contribution in [0.15, 0.2) is 30.3 Å². The quantitative estimate of drug-likeness (QED) is 0.871. The largest absolute Gasteiger partial charge is 0.378 e. The number of hydrogen-bond acceptors (Lipinski definition) is 4. The number of amides is 2. The van der Waals surface area contributed by atoms with E-state index in [0.29, 0.717) is 44.0 Å². The van der Waals surface area contributed by atoms with Crippen LogP contribution in [0.5, 0.6) is 0 Å². The molecule has 1 N–H and O–H groups in total. The Morgan fingerprint density at radius 1 is 1.15 bits per heavy atom. The maximum atomic E-state index is 12.5. The Hall–Kier alpha value is -2.67. The molecule has 7 heteroatoms. The maximum Gasteiger partial charge on any atom is 0.254 e. The van der Waals surface area contributed by atoms with Gasteiger partial charge in [-0.3, -0.25) is 14.3 Å². The van der Waals surface area contributed by atoms with Crippen molar-refractivity contribution in [3.8, 4) is 0 Å². The number of morpholine rings is 1. The van der Waals surface area contributed by atoms with Crippen molar-refractivity contribution in [2.24, 2.45) is 0 Å². The highest BCUT2D eigenvalue weighted by atomic mass is 16.5. The van der Waals surface area contributed by atoms with Crippen LogP contribution in [0, 0.1) is 13.8 Å². The van der Waals surface area contributed by atoms with E-state index in [9.17, 15) is 9.59 Å². The first-order chi connectivity index (χ1) is 12.9. The lowest BCUT2D eigenvalue weighted by Crippen LogP contribution is -2.40. The van der Waals surface area contributed by atoms with Gasteiger partial charge >= 0.3 is 0 Å². The average molecular weight is 370 g/mol. The van der Waals surface area contributed by atoms with Crippen molar-refractivity contribution >= 4 is 11.8 Å². The molecule has 1 saturated heterocycles. The van der Waals surface area contributed by atoms with E-state index < -0.39 is 0 Å². The fourth-order valence-electron chi connectivity index (χ4n) is 3.19. The van der Waals surface area contributed by atoms with Gasteiger partial charge in [-0.1, -0.05) is 0 Å². The monoisotopic (exact) mass is 370 g/mol. The standard InChI is InChI=1S/C20H26N4O3/c1-14-12-16(3)24(22-14)13-15(2)21-19(25)17-4-6-18(7-5-17)20(26)23-8-10-27-11-9-23/h4-7,12,15H,8-11,13H2,1-3H3,(H,21,25). The lowest BCUT2D eigenvalue weighted by Gasteiger charge is -2.26. The van der Waals surface area contributed by atoms with Crippen LogP contribution in [0.2, 0.25) is 0 Å². The number of aromatic nitrogens is 2. The molecule has 2 aromatic rings. The van der Waals surface area contributed by atoms with Crippen LogP contribution in [0.25, 0.3) is 0 Å². The SMILES string of the molecule is Cc1cc(C)n(CC(C)NC(=O)c2ccc(C(=O)N3CCOCC3)cc2)n1. The number of carbonyl (C=O) groups is 2. The Kier molecular flexibility index (Phi) is 5.91. The Morgan fingerprint density at radius 3 is 2.37 bits per heavy atom. The van der Waals surface area contributed by atoms with Crippen LogP contribution in [0.4, 0.5) is 0 Å². The summed E-state index contributed by atoms with van der Waals surface area (Å²) in [6.45, 7) is 8.85. The minimum absolute atomic E-state index is 0.0249. The molecule has 144 valence electrons. The predicted octanol–water partition coefficient (Wildman–Crippen LogP) is 1.79. The molecule has 1 aliphatic rings. The Morgan fingerprint density at radius 2 is 1.78 bits per heavy atom. The number of nitrogens with one attached hydrogen (secondary N) is 1. The van der Waals surface area contributed by atoms with Crippen molar-refractivity contribution in [1.29, 1.82) is 0 Å². The lowest BCUT2D eigenvalue weighted by atomic mass is 10.1. The van der Waals surface area contributed by atoms with Crippen LogP contribution in [0.3, 0.4) is 0 Å². The third-order valence-corrected chi connectivity index (χ3v) is 4.62. The van der Waals surface area contributed by atoms with Gasteiger partial charge in [-0.05, 0) is 51.1 Å². The fraction of sp³-hybridized carbons (Fsp3) is 0.450. The highest BCUT2D eigenvalue weighted by molar-refractivity contribution is 5.97. The van der Waals surface area contributed by atoms with E-state index in [2.05, 4.69) is 10.4 Å². The molecule has 1 aromatic heterocycles. The van der Waals surface area contributed by atoms with Gasteiger partial charge in [0, 0.05) is 36.0 Å². The van der Waals surface area contributed by atoms with E-state index in [1.165, 1.54) is 0 Å². The lowest BCUT2D eigenvalue weighted by molar-refractivity contribution is 0.0303. The summed E-state index contributed by atoms with van der Waals surface area (Å²) >= 11 is 0. The van der Waals surface area contributed by atoms with E-state index in [1.54, 1.807) is 29.2 Å². The van der Waals surface area contributed by atoms with E-state index in [1.807, 2.05) is 31.5 Å². The number of ether oxygens (including phenoxy) is 1. The van der Waals surface area contributed by atoms with Crippen molar-refractivity contribution in [1.82, 2.24) is 20.0 Å². The second kappa shape index (κ2) is 8.35. The first-order valence-corrected chi connectivity index (χ1v) is 9.23. The second-order valence-electron chi connectivity index (χ2n) is 6.97. The molecule has 1 atom stereocenters. The van der Waals surface area contributed by atoms with Crippen molar-refractivity contribution in [2.75, 3.05) is 26.3 Å². The number of hydrogen-bond donors (Lipinski definition) is 1. The summed E-state index contributed by atoms with van der Waals surface area (Å²) < 4.78 is 7.16. The van der Waals surface area contributed by atoms with Gasteiger partial charge in [0.25, 0.3) is 11.8 Å². The maximum absolute atomic E-state index is 12.5. The van der Waals surface area contributed by atoms with Crippen LogP contribution in [0.1, 0.15) is 39.0 Å². The van der Waals surface area contributed by atoms with Gasteiger partial charge in [0.2, 0.25) is 0 Å². The van der Waals surface area contributed by atoms with Crippen LogP contribution >= 0.6 is 0 Å². The van der Waals surface area contributed by atoms with E-state index in [0.717, 1.165) is 11.4 Å². The van der Waals surface area contributed by atoms with Crippen LogP contribution in [-0.2, 0) is 11.3 Å². The molecule has 3 rings (SSSR count). The molecule has 0 radical (unpaired) electrons. The van der Waals surface area contributed by atoms with Crippen molar-refractivity contribution < 1.29 is 14.3 Å². The molecule has 7 nitrogen and oxygen atoms in total. The molecule has 1 fully saturated rings. The topological polar surface area (TPSA) is 76.5 Å². The summed E-state index contributed by atoms with van der Waals surface area (Å²) in [5, 5.41) is 7.40. The number of carbonyl (C=O) groups excluding carboxylic acids is 2. The van der Waals surface area contributed by atoms with Crippen LogP contribution in [-0.4, -0.2) is 58.8 Å². The fourth-order valence-corrected chi connectivity index (χ4v) is 3.19. The number of aryl methyl sites for hydroxylation is 2. The average Bonchev–Trinajstić information content (AvgIpc) is 2.98.